The van der Waals surface area contributed by atoms with Crippen LogP contribution in [0.15, 0.2) is 54.7 Å². The van der Waals surface area contributed by atoms with Gasteiger partial charge in [-0.05, 0) is 49.2 Å². The van der Waals surface area contributed by atoms with Crippen molar-refractivity contribution in [2.45, 2.75) is 26.0 Å². The number of pyridine rings is 1. The molecule has 1 amide bonds. The molecule has 0 radical (unpaired) electrons. The van der Waals surface area contributed by atoms with E-state index in [1.807, 2.05) is 18.2 Å². The Bertz CT molecular complexity index is 1050. The van der Waals surface area contributed by atoms with Crippen LogP contribution in [0, 0.1) is 0 Å². The largest absolute Gasteiger partial charge is 0.487 e. The maximum absolute atomic E-state index is 12.4. The van der Waals surface area contributed by atoms with Crippen molar-refractivity contribution < 1.29 is 27.5 Å². The molecule has 1 fully saturated rings. The minimum absolute atomic E-state index is 0.0397. The first kappa shape index (κ1) is 23.5. The second-order valence-corrected chi connectivity index (χ2v) is 9.59. The van der Waals surface area contributed by atoms with E-state index in [2.05, 4.69) is 4.98 Å². The lowest BCUT2D eigenvalue weighted by Crippen LogP contribution is -2.43. The Labute approximate surface area is 187 Å². The number of amides is 1. The molecule has 2 heterocycles. The van der Waals surface area contributed by atoms with Crippen LogP contribution in [-0.4, -0.2) is 60.9 Å². The van der Waals surface area contributed by atoms with Gasteiger partial charge in [0.2, 0.25) is 0 Å². The zero-order valence-corrected chi connectivity index (χ0v) is 18.7. The third-order valence-corrected chi connectivity index (χ3v) is 6.80. The van der Waals surface area contributed by atoms with Crippen LogP contribution in [0.1, 0.15) is 24.6 Å². The lowest BCUT2D eigenvalue weighted by molar-refractivity contribution is -0.149. The van der Waals surface area contributed by atoms with Crippen molar-refractivity contribution in [2.75, 3.05) is 24.7 Å². The molecule has 3 rings (SSSR count). The highest BCUT2D eigenvalue weighted by Gasteiger charge is 2.34. The number of rotatable bonds is 9. The summed E-state index contributed by atoms with van der Waals surface area (Å²) in [6.45, 7) is 2.07. The fourth-order valence-corrected chi connectivity index (χ4v) is 5.13. The van der Waals surface area contributed by atoms with Gasteiger partial charge in [0.25, 0.3) is 5.91 Å². The summed E-state index contributed by atoms with van der Waals surface area (Å²) in [5.41, 5.74) is 1.59. The first-order valence-electron chi connectivity index (χ1n) is 10.3. The molecule has 8 nitrogen and oxygen atoms in total. The van der Waals surface area contributed by atoms with E-state index >= 15 is 0 Å². The highest BCUT2D eigenvalue weighted by molar-refractivity contribution is 7.91. The van der Waals surface area contributed by atoms with Gasteiger partial charge in [0.1, 0.15) is 12.4 Å². The Balaban J connectivity index is 1.45. The number of likely N-dealkylation sites (N-methyl/N-ethyl adjacent to an activating group) is 1. The Morgan fingerprint density at radius 1 is 1.19 bits per heavy atom. The summed E-state index contributed by atoms with van der Waals surface area (Å²) < 4.78 is 34.0. The third kappa shape index (κ3) is 6.91. The Hall–Kier alpha value is -3.20. The molecule has 32 heavy (non-hydrogen) atoms. The standard InChI is InChI=1S/C23H26N2O6S/c1-2-25(20-12-14-32(28,29)17-20)22(26)16-31-23(27)11-8-18-6-9-21(10-7-18)30-15-19-5-3-4-13-24-19/h3-11,13,20H,2,12,14-17H2,1H3/b11-8+. The fourth-order valence-electron chi connectivity index (χ4n) is 3.40. The molecule has 1 aromatic heterocycles. The van der Waals surface area contributed by atoms with E-state index in [-0.39, 0.29) is 17.5 Å². The normalized spacial score (nSPS) is 17.2. The van der Waals surface area contributed by atoms with Crippen molar-refractivity contribution in [2.24, 2.45) is 0 Å². The van der Waals surface area contributed by atoms with Crippen molar-refractivity contribution >= 4 is 27.8 Å². The van der Waals surface area contributed by atoms with Gasteiger partial charge in [0.15, 0.2) is 16.4 Å². The van der Waals surface area contributed by atoms with Crippen LogP contribution in [0.25, 0.3) is 6.08 Å². The molecule has 1 aliphatic rings. The van der Waals surface area contributed by atoms with Crippen LogP contribution in [-0.2, 0) is 30.8 Å². The summed E-state index contributed by atoms with van der Waals surface area (Å²) in [5.74, 6) is -0.330. The van der Waals surface area contributed by atoms with E-state index in [4.69, 9.17) is 9.47 Å². The average molecular weight is 459 g/mol. The SMILES string of the molecule is CCN(C(=O)COC(=O)/C=C/c1ccc(OCc2ccccn2)cc1)C1CCS(=O)(=O)C1. The molecule has 1 saturated heterocycles. The first-order chi connectivity index (χ1) is 15.4. The van der Waals surface area contributed by atoms with Crippen molar-refractivity contribution in [3.8, 4) is 5.75 Å². The second kappa shape index (κ2) is 10.9. The molecular weight excluding hydrogens is 432 g/mol. The zero-order chi connectivity index (χ0) is 23.0. The summed E-state index contributed by atoms with van der Waals surface area (Å²) in [4.78, 5) is 30.0. The molecular formula is C23H26N2O6S. The zero-order valence-electron chi connectivity index (χ0n) is 17.8. The summed E-state index contributed by atoms with van der Waals surface area (Å²) in [5, 5.41) is 0. The number of sulfone groups is 1. The molecule has 0 N–H and O–H groups in total. The van der Waals surface area contributed by atoms with Gasteiger partial charge in [-0.3, -0.25) is 9.78 Å². The van der Waals surface area contributed by atoms with Crippen molar-refractivity contribution in [1.29, 1.82) is 0 Å². The molecule has 2 aromatic rings. The summed E-state index contributed by atoms with van der Waals surface area (Å²) in [7, 11) is -3.10. The molecule has 1 aliphatic heterocycles. The van der Waals surface area contributed by atoms with Crippen molar-refractivity contribution in [1.82, 2.24) is 9.88 Å². The quantitative estimate of drug-likeness (QED) is 0.419. The molecule has 0 spiro atoms. The predicted molar refractivity (Wildman–Crippen MR) is 119 cm³/mol. The number of aromatic nitrogens is 1. The van der Waals surface area contributed by atoms with E-state index in [9.17, 15) is 18.0 Å². The summed E-state index contributed by atoms with van der Waals surface area (Å²) >= 11 is 0. The number of ether oxygens (including phenoxy) is 2. The highest BCUT2D eigenvalue weighted by atomic mass is 32.2. The average Bonchev–Trinajstić information content (AvgIpc) is 3.16. The number of esters is 1. The number of hydrogen-bond acceptors (Lipinski definition) is 7. The Morgan fingerprint density at radius 2 is 1.97 bits per heavy atom. The minimum Gasteiger partial charge on any atom is -0.487 e. The van der Waals surface area contributed by atoms with Crippen molar-refractivity contribution in [3.63, 3.8) is 0 Å². The molecule has 170 valence electrons. The molecule has 1 atom stereocenters. The van der Waals surface area contributed by atoms with Gasteiger partial charge in [0, 0.05) is 24.9 Å². The minimum atomic E-state index is -3.10. The van der Waals surface area contributed by atoms with Crippen LogP contribution in [0.2, 0.25) is 0 Å². The van der Waals surface area contributed by atoms with Gasteiger partial charge in [-0.25, -0.2) is 13.2 Å². The summed E-state index contributed by atoms with van der Waals surface area (Å²) in [6.07, 6.45) is 4.94. The number of nitrogens with zero attached hydrogens (tertiary/aromatic N) is 2. The first-order valence-corrected chi connectivity index (χ1v) is 12.2. The van der Waals surface area contributed by atoms with Gasteiger partial charge in [-0.2, -0.15) is 0 Å². The number of carbonyl (C=O) groups is 2. The van der Waals surface area contributed by atoms with E-state index in [0.29, 0.717) is 25.3 Å². The third-order valence-electron chi connectivity index (χ3n) is 5.05. The summed E-state index contributed by atoms with van der Waals surface area (Å²) in [6, 6.07) is 12.4. The number of carbonyl (C=O) groups excluding carboxylic acids is 2. The van der Waals surface area contributed by atoms with E-state index in [1.165, 1.54) is 11.0 Å². The lowest BCUT2D eigenvalue weighted by Gasteiger charge is -2.26. The Morgan fingerprint density at radius 3 is 2.59 bits per heavy atom. The number of hydrogen-bond donors (Lipinski definition) is 0. The molecule has 0 aliphatic carbocycles. The topological polar surface area (TPSA) is 103 Å². The monoisotopic (exact) mass is 458 g/mol. The van der Waals surface area contributed by atoms with Gasteiger partial charge >= 0.3 is 5.97 Å². The maximum Gasteiger partial charge on any atom is 0.331 e. The van der Waals surface area contributed by atoms with Gasteiger partial charge < -0.3 is 14.4 Å². The van der Waals surface area contributed by atoms with Crippen LogP contribution < -0.4 is 4.74 Å². The number of benzene rings is 1. The van der Waals surface area contributed by atoms with Crippen LogP contribution >= 0.6 is 0 Å². The molecule has 1 unspecified atom stereocenters. The van der Waals surface area contributed by atoms with Crippen LogP contribution in [0.4, 0.5) is 0 Å². The van der Waals surface area contributed by atoms with Crippen molar-refractivity contribution in [3.05, 3.63) is 66.0 Å². The van der Waals surface area contributed by atoms with Gasteiger partial charge in [0.05, 0.1) is 17.2 Å². The van der Waals surface area contributed by atoms with Gasteiger partial charge in [-0.15, -0.1) is 0 Å². The van der Waals surface area contributed by atoms with Crippen LogP contribution in [0.5, 0.6) is 5.75 Å². The predicted octanol–water partition coefficient (Wildman–Crippen LogP) is 2.25. The van der Waals surface area contributed by atoms with Crippen LogP contribution in [0.3, 0.4) is 0 Å². The molecule has 0 saturated carbocycles. The van der Waals surface area contributed by atoms with E-state index in [1.54, 1.807) is 43.5 Å². The van der Waals surface area contributed by atoms with E-state index in [0.717, 1.165) is 11.3 Å². The smallest absolute Gasteiger partial charge is 0.331 e. The lowest BCUT2D eigenvalue weighted by atomic mass is 10.2. The fraction of sp³-hybridized carbons (Fsp3) is 0.348. The highest BCUT2D eigenvalue weighted by Crippen LogP contribution is 2.18. The second-order valence-electron chi connectivity index (χ2n) is 7.36. The maximum atomic E-state index is 12.4. The molecule has 0 bridgehead atoms. The van der Waals surface area contributed by atoms with E-state index < -0.39 is 28.3 Å². The molecule has 1 aromatic carbocycles. The molecule has 9 heteroatoms. The Kier molecular flexibility index (Phi) is 7.99. The van der Waals surface area contributed by atoms with Gasteiger partial charge in [-0.1, -0.05) is 18.2 Å².